The fourth-order valence-electron chi connectivity index (χ4n) is 2.04. The van der Waals surface area contributed by atoms with Gasteiger partial charge in [0.05, 0.1) is 11.4 Å². The fraction of sp³-hybridized carbons (Fsp3) is 0.533. The number of carbonyl (C=O) groups is 1. The van der Waals surface area contributed by atoms with Crippen molar-refractivity contribution in [1.82, 2.24) is 14.7 Å². The van der Waals surface area contributed by atoms with Crippen LogP contribution in [0.1, 0.15) is 32.4 Å². The van der Waals surface area contributed by atoms with Gasteiger partial charge >= 0.3 is 0 Å². The van der Waals surface area contributed by atoms with Gasteiger partial charge in [0.25, 0.3) is 5.56 Å². The zero-order chi connectivity index (χ0) is 16.9. The molecule has 0 aliphatic rings. The van der Waals surface area contributed by atoms with Crippen molar-refractivity contribution in [3.8, 4) is 0 Å². The lowest BCUT2D eigenvalue weighted by molar-refractivity contribution is -0.118. The normalized spacial score (nSPS) is 11.3. The van der Waals surface area contributed by atoms with Gasteiger partial charge in [-0.05, 0) is 12.8 Å². The Labute approximate surface area is 155 Å². The van der Waals surface area contributed by atoms with Crippen LogP contribution in [0.5, 0.6) is 0 Å². The molecule has 1 amide bonds. The number of carbonyl (C=O) groups excluding carboxylic acids is 1. The second-order valence-corrected chi connectivity index (χ2v) is 7.34. The first-order chi connectivity index (χ1) is 11.0. The monoisotopic (exact) mass is 390 g/mol. The number of nitrogens with one attached hydrogen (secondary N) is 1. The Morgan fingerprint density at radius 1 is 1.46 bits per heavy atom. The Hall–Kier alpha value is -1.09. The van der Waals surface area contributed by atoms with Gasteiger partial charge in [-0.15, -0.1) is 35.5 Å². The number of hydrogen-bond donors (Lipinski definition) is 2. The summed E-state index contributed by atoms with van der Waals surface area (Å²) in [6.45, 7) is 4.53. The first-order valence-corrected chi connectivity index (χ1v) is 9.60. The molecule has 2 aromatic rings. The number of amides is 1. The van der Waals surface area contributed by atoms with Gasteiger partial charge in [-0.25, -0.2) is 4.98 Å². The molecule has 0 fully saturated rings. The van der Waals surface area contributed by atoms with Crippen LogP contribution in [0.25, 0.3) is 4.96 Å². The van der Waals surface area contributed by atoms with Gasteiger partial charge in [0.2, 0.25) is 5.91 Å². The van der Waals surface area contributed by atoms with Crippen molar-refractivity contribution in [2.75, 3.05) is 12.3 Å². The SMILES string of the molecule is CCC(N)(CC)CNC(=O)CSCc1cc(=O)n2ccsc2n1.Cl. The van der Waals surface area contributed by atoms with Crippen LogP contribution < -0.4 is 16.6 Å². The number of hydrogen-bond acceptors (Lipinski definition) is 6. The molecule has 0 atom stereocenters. The van der Waals surface area contributed by atoms with E-state index in [-0.39, 0.29) is 29.4 Å². The lowest BCUT2D eigenvalue weighted by Gasteiger charge is -2.26. The van der Waals surface area contributed by atoms with E-state index >= 15 is 0 Å². The Morgan fingerprint density at radius 3 is 2.83 bits per heavy atom. The predicted octanol–water partition coefficient (Wildman–Crippen LogP) is 2.04. The van der Waals surface area contributed by atoms with Crippen molar-refractivity contribution >= 4 is 46.4 Å². The molecular formula is C15H23ClN4O2S2. The molecule has 134 valence electrons. The molecule has 0 saturated carbocycles. The standard InChI is InChI=1S/C15H22N4O2S2.ClH/c1-3-15(16,4-2)10-17-12(20)9-22-8-11-7-13(21)19-5-6-23-14(19)18-11;/h5-7H,3-4,8-10,16H2,1-2H3,(H,17,20);1H. The summed E-state index contributed by atoms with van der Waals surface area (Å²) in [5.41, 5.74) is 6.44. The van der Waals surface area contributed by atoms with E-state index in [0.717, 1.165) is 12.8 Å². The summed E-state index contributed by atoms with van der Waals surface area (Å²) in [4.78, 5) is 28.8. The Bertz CT molecular complexity index is 728. The van der Waals surface area contributed by atoms with Crippen molar-refractivity contribution < 1.29 is 4.79 Å². The summed E-state index contributed by atoms with van der Waals surface area (Å²) in [6.07, 6.45) is 3.36. The fourth-order valence-corrected chi connectivity index (χ4v) is 3.52. The molecule has 0 spiro atoms. The van der Waals surface area contributed by atoms with Crippen molar-refractivity contribution in [2.24, 2.45) is 5.73 Å². The summed E-state index contributed by atoms with van der Waals surface area (Å²) < 4.78 is 1.52. The van der Waals surface area contributed by atoms with Crippen molar-refractivity contribution in [3.05, 3.63) is 33.7 Å². The average Bonchev–Trinajstić information content (AvgIpc) is 3.02. The van der Waals surface area contributed by atoms with Crippen LogP contribution in [0.15, 0.2) is 22.4 Å². The van der Waals surface area contributed by atoms with Crippen LogP contribution in [-0.4, -0.2) is 33.1 Å². The molecule has 0 unspecified atom stereocenters. The molecule has 0 aliphatic carbocycles. The molecule has 0 saturated heterocycles. The molecule has 6 nitrogen and oxygen atoms in total. The van der Waals surface area contributed by atoms with E-state index in [1.165, 1.54) is 33.6 Å². The number of thiazole rings is 1. The average molecular weight is 391 g/mol. The highest BCUT2D eigenvalue weighted by atomic mass is 35.5. The smallest absolute Gasteiger partial charge is 0.258 e. The quantitative estimate of drug-likeness (QED) is 0.719. The molecule has 0 aliphatic heterocycles. The van der Waals surface area contributed by atoms with Crippen LogP contribution in [0.2, 0.25) is 0 Å². The number of aromatic nitrogens is 2. The van der Waals surface area contributed by atoms with Crippen LogP contribution in [-0.2, 0) is 10.5 Å². The molecule has 0 aromatic carbocycles. The van der Waals surface area contributed by atoms with Crippen LogP contribution in [0.4, 0.5) is 0 Å². The minimum absolute atomic E-state index is 0. The van der Waals surface area contributed by atoms with Gasteiger partial charge in [-0.2, -0.15) is 0 Å². The summed E-state index contributed by atoms with van der Waals surface area (Å²) in [7, 11) is 0. The molecule has 9 heteroatoms. The molecule has 2 aromatic heterocycles. The molecule has 24 heavy (non-hydrogen) atoms. The predicted molar refractivity (Wildman–Crippen MR) is 103 cm³/mol. The first kappa shape index (κ1) is 21.0. The Kier molecular flexibility index (Phi) is 8.21. The lowest BCUT2D eigenvalue weighted by atomic mass is 9.94. The zero-order valence-corrected chi connectivity index (χ0v) is 16.2. The van der Waals surface area contributed by atoms with E-state index in [9.17, 15) is 9.59 Å². The van der Waals surface area contributed by atoms with Gasteiger partial charge in [-0.1, -0.05) is 13.8 Å². The second-order valence-electron chi connectivity index (χ2n) is 5.48. The highest BCUT2D eigenvalue weighted by Crippen LogP contribution is 2.13. The van der Waals surface area contributed by atoms with E-state index in [1.54, 1.807) is 6.20 Å². The second kappa shape index (κ2) is 9.41. The van der Waals surface area contributed by atoms with E-state index in [4.69, 9.17) is 5.73 Å². The highest BCUT2D eigenvalue weighted by Gasteiger charge is 2.20. The number of nitrogens with two attached hydrogens (primary N) is 1. The molecule has 0 radical (unpaired) electrons. The summed E-state index contributed by atoms with van der Waals surface area (Å²) in [6, 6.07) is 1.52. The van der Waals surface area contributed by atoms with Crippen molar-refractivity contribution in [2.45, 2.75) is 38.0 Å². The summed E-state index contributed by atoms with van der Waals surface area (Å²) in [5.74, 6) is 0.821. The van der Waals surface area contributed by atoms with Gasteiger partial charge in [0.15, 0.2) is 4.96 Å². The first-order valence-electron chi connectivity index (χ1n) is 7.56. The van der Waals surface area contributed by atoms with E-state index in [1.807, 2.05) is 19.2 Å². The molecule has 2 heterocycles. The van der Waals surface area contributed by atoms with Crippen LogP contribution >= 0.6 is 35.5 Å². The number of halogens is 1. The third-order valence-electron chi connectivity index (χ3n) is 3.89. The maximum absolute atomic E-state index is 11.9. The third-order valence-corrected chi connectivity index (χ3v) is 5.61. The van der Waals surface area contributed by atoms with Gasteiger partial charge in [0, 0.05) is 35.5 Å². The maximum Gasteiger partial charge on any atom is 0.258 e. The maximum atomic E-state index is 11.9. The van der Waals surface area contributed by atoms with E-state index in [0.29, 0.717) is 28.7 Å². The molecular weight excluding hydrogens is 368 g/mol. The zero-order valence-electron chi connectivity index (χ0n) is 13.8. The number of thioether (sulfide) groups is 1. The third kappa shape index (κ3) is 5.47. The summed E-state index contributed by atoms with van der Waals surface area (Å²) in [5, 5.41) is 4.71. The van der Waals surface area contributed by atoms with E-state index < -0.39 is 0 Å². The topological polar surface area (TPSA) is 89.5 Å². The molecule has 0 bridgehead atoms. The Balaban J connectivity index is 0.00000288. The largest absolute Gasteiger partial charge is 0.354 e. The van der Waals surface area contributed by atoms with Crippen molar-refractivity contribution in [1.29, 1.82) is 0 Å². The van der Waals surface area contributed by atoms with Gasteiger partial charge in [-0.3, -0.25) is 14.0 Å². The Morgan fingerprint density at radius 2 is 2.17 bits per heavy atom. The van der Waals surface area contributed by atoms with Gasteiger partial charge < -0.3 is 11.1 Å². The number of rotatable bonds is 8. The number of fused-ring (bicyclic) bond motifs is 1. The van der Waals surface area contributed by atoms with Crippen LogP contribution in [0, 0.1) is 0 Å². The lowest BCUT2D eigenvalue weighted by Crippen LogP contribution is -2.49. The minimum atomic E-state index is -0.333. The van der Waals surface area contributed by atoms with Crippen molar-refractivity contribution in [3.63, 3.8) is 0 Å². The molecule has 2 rings (SSSR count). The highest BCUT2D eigenvalue weighted by molar-refractivity contribution is 7.99. The summed E-state index contributed by atoms with van der Waals surface area (Å²) >= 11 is 2.86. The van der Waals surface area contributed by atoms with Crippen LogP contribution in [0.3, 0.4) is 0 Å². The van der Waals surface area contributed by atoms with Gasteiger partial charge in [0.1, 0.15) is 0 Å². The molecule has 3 N–H and O–H groups in total. The minimum Gasteiger partial charge on any atom is -0.354 e. The van der Waals surface area contributed by atoms with E-state index in [2.05, 4.69) is 10.3 Å². The number of nitrogens with zero attached hydrogens (tertiary/aromatic N) is 2.